The van der Waals surface area contributed by atoms with Crippen LogP contribution in [-0.4, -0.2) is 42.4 Å². The van der Waals surface area contributed by atoms with Crippen LogP contribution in [0.1, 0.15) is 23.7 Å². The third-order valence-corrected chi connectivity index (χ3v) is 4.08. The number of rotatable bonds is 7. The van der Waals surface area contributed by atoms with Crippen molar-refractivity contribution >= 4 is 17.8 Å². The van der Waals surface area contributed by atoms with E-state index in [1.165, 1.54) is 0 Å². The van der Waals surface area contributed by atoms with E-state index >= 15 is 0 Å². The number of carbonyl (C=O) groups is 3. The Labute approximate surface area is 145 Å². The fourth-order valence-electron chi connectivity index (χ4n) is 2.82. The number of carbonyl (C=O) groups excluding carboxylic acids is 3. The normalized spacial score (nSPS) is 15.1. The molecule has 7 heteroatoms. The predicted octanol–water partition coefficient (Wildman–Crippen LogP) is 1.47. The van der Waals surface area contributed by atoms with Gasteiger partial charge >= 0.3 is 6.03 Å². The van der Waals surface area contributed by atoms with Crippen LogP contribution in [0.25, 0.3) is 0 Å². The van der Waals surface area contributed by atoms with Crippen LogP contribution >= 0.6 is 0 Å². The summed E-state index contributed by atoms with van der Waals surface area (Å²) >= 11 is 0. The summed E-state index contributed by atoms with van der Waals surface area (Å²) in [6.45, 7) is 0.0881. The van der Waals surface area contributed by atoms with Crippen molar-refractivity contribution in [3.05, 3.63) is 60.1 Å². The van der Waals surface area contributed by atoms with E-state index in [-0.39, 0.29) is 24.9 Å². The Morgan fingerprint density at radius 2 is 2.00 bits per heavy atom. The molecule has 7 nitrogen and oxygen atoms in total. The zero-order valence-corrected chi connectivity index (χ0v) is 13.6. The molecule has 4 amide bonds. The fraction of sp³-hybridized carbons (Fsp3) is 0.278. The van der Waals surface area contributed by atoms with Crippen molar-refractivity contribution < 1.29 is 18.8 Å². The minimum atomic E-state index is -0.530. The molecule has 0 spiro atoms. The molecule has 3 rings (SSSR count). The lowest BCUT2D eigenvalue weighted by molar-refractivity contribution is -0.130. The molecular weight excluding hydrogens is 322 g/mol. The molecule has 1 aliphatic heterocycles. The Hall–Kier alpha value is -3.09. The average molecular weight is 341 g/mol. The second-order valence-corrected chi connectivity index (χ2v) is 5.76. The quantitative estimate of drug-likeness (QED) is 0.746. The van der Waals surface area contributed by atoms with E-state index in [0.717, 1.165) is 16.2 Å². The van der Waals surface area contributed by atoms with Gasteiger partial charge in [0.15, 0.2) is 0 Å². The van der Waals surface area contributed by atoms with Gasteiger partial charge in [-0.3, -0.25) is 14.5 Å². The van der Waals surface area contributed by atoms with Gasteiger partial charge in [0.1, 0.15) is 12.3 Å². The Morgan fingerprint density at radius 3 is 2.64 bits per heavy atom. The molecule has 2 aromatic rings. The van der Waals surface area contributed by atoms with Gasteiger partial charge in [0.25, 0.3) is 5.91 Å². The monoisotopic (exact) mass is 341 g/mol. The van der Waals surface area contributed by atoms with Crippen LogP contribution in [0.15, 0.2) is 53.1 Å². The highest BCUT2D eigenvalue weighted by Gasteiger charge is 2.30. The molecule has 0 aliphatic carbocycles. The minimum absolute atomic E-state index is 0.0215. The number of hydrogen-bond acceptors (Lipinski definition) is 4. The van der Waals surface area contributed by atoms with Crippen molar-refractivity contribution in [2.45, 2.75) is 12.3 Å². The summed E-state index contributed by atoms with van der Waals surface area (Å²) in [6.07, 6.45) is 2.27. The summed E-state index contributed by atoms with van der Waals surface area (Å²) in [5.41, 5.74) is 1.10. The van der Waals surface area contributed by atoms with E-state index in [1.54, 1.807) is 6.26 Å². The van der Waals surface area contributed by atoms with Gasteiger partial charge in [-0.2, -0.15) is 0 Å². The van der Waals surface area contributed by atoms with E-state index in [4.69, 9.17) is 4.42 Å². The number of amides is 4. The van der Waals surface area contributed by atoms with Gasteiger partial charge in [-0.1, -0.05) is 30.3 Å². The molecule has 0 bridgehead atoms. The molecule has 1 aliphatic rings. The summed E-state index contributed by atoms with van der Waals surface area (Å²) in [5.74, 6) is 0.0947. The van der Waals surface area contributed by atoms with Crippen molar-refractivity contribution in [2.24, 2.45) is 0 Å². The molecular formula is C18H19N3O4. The maximum atomic E-state index is 12.0. The first-order chi connectivity index (χ1) is 12.1. The zero-order chi connectivity index (χ0) is 17.6. The molecule has 2 heterocycles. The Kier molecular flexibility index (Phi) is 5.13. The Morgan fingerprint density at radius 1 is 1.20 bits per heavy atom. The molecule has 25 heavy (non-hydrogen) atoms. The Bertz CT molecular complexity index is 727. The van der Waals surface area contributed by atoms with Crippen LogP contribution in [0.3, 0.4) is 0 Å². The SMILES string of the molecule is O=C(CN1C(=O)CNC1=O)NCCC(c1ccccc1)c1ccco1. The summed E-state index contributed by atoms with van der Waals surface area (Å²) < 4.78 is 5.52. The molecule has 0 saturated carbocycles. The van der Waals surface area contributed by atoms with Crippen LogP contribution in [0.5, 0.6) is 0 Å². The van der Waals surface area contributed by atoms with Crippen molar-refractivity contribution in [1.29, 1.82) is 0 Å². The van der Waals surface area contributed by atoms with Crippen molar-refractivity contribution in [1.82, 2.24) is 15.5 Å². The largest absolute Gasteiger partial charge is 0.469 e. The highest BCUT2D eigenvalue weighted by Crippen LogP contribution is 2.27. The highest BCUT2D eigenvalue weighted by molar-refractivity contribution is 6.04. The lowest BCUT2D eigenvalue weighted by atomic mass is 9.93. The number of furan rings is 1. The van der Waals surface area contributed by atoms with Gasteiger partial charge in [0.2, 0.25) is 5.91 Å². The van der Waals surface area contributed by atoms with Crippen LogP contribution < -0.4 is 10.6 Å². The standard InChI is InChI=1S/C18H19N3O4/c22-16(12-21-17(23)11-20-18(21)24)19-9-8-14(15-7-4-10-25-15)13-5-2-1-3-6-13/h1-7,10,14H,8-9,11-12H2,(H,19,22)(H,20,24). The summed E-state index contributed by atoms with van der Waals surface area (Å²) in [4.78, 5) is 35.8. The lowest BCUT2D eigenvalue weighted by Gasteiger charge is -2.16. The smallest absolute Gasteiger partial charge is 0.325 e. The number of nitrogens with one attached hydrogen (secondary N) is 2. The van der Waals surface area contributed by atoms with E-state index in [9.17, 15) is 14.4 Å². The molecule has 1 fully saturated rings. The molecule has 0 radical (unpaired) electrons. The van der Waals surface area contributed by atoms with Crippen molar-refractivity contribution in [2.75, 3.05) is 19.6 Å². The van der Waals surface area contributed by atoms with E-state index in [0.29, 0.717) is 13.0 Å². The second kappa shape index (κ2) is 7.65. The van der Waals surface area contributed by atoms with Gasteiger partial charge in [-0.05, 0) is 24.1 Å². The first kappa shape index (κ1) is 16.8. The number of hydrogen-bond donors (Lipinski definition) is 2. The zero-order valence-electron chi connectivity index (χ0n) is 13.6. The molecule has 1 aromatic carbocycles. The summed E-state index contributed by atoms with van der Waals surface area (Å²) in [5, 5.41) is 5.14. The van der Waals surface area contributed by atoms with Gasteiger partial charge in [0, 0.05) is 12.5 Å². The second-order valence-electron chi connectivity index (χ2n) is 5.76. The number of nitrogens with zero attached hydrogens (tertiary/aromatic N) is 1. The molecule has 1 unspecified atom stereocenters. The first-order valence-corrected chi connectivity index (χ1v) is 8.08. The van der Waals surface area contributed by atoms with Crippen molar-refractivity contribution in [3.8, 4) is 0 Å². The third-order valence-electron chi connectivity index (χ3n) is 4.08. The van der Waals surface area contributed by atoms with Crippen LogP contribution in [-0.2, 0) is 9.59 Å². The predicted molar refractivity (Wildman–Crippen MR) is 89.7 cm³/mol. The molecule has 2 N–H and O–H groups in total. The van der Waals surface area contributed by atoms with Gasteiger partial charge in [0.05, 0.1) is 12.8 Å². The molecule has 1 atom stereocenters. The number of imide groups is 1. The van der Waals surface area contributed by atoms with Crippen LogP contribution in [0, 0.1) is 0 Å². The minimum Gasteiger partial charge on any atom is -0.469 e. The number of benzene rings is 1. The van der Waals surface area contributed by atoms with E-state index in [2.05, 4.69) is 10.6 Å². The van der Waals surface area contributed by atoms with E-state index < -0.39 is 11.9 Å². The maximum absolute atomic E-state index is 12.0. The van der Waals surface area contributed by atoms with Gasteiger partial charge in [-0.15, -0.1) is 0 Å². The molecule has 1 aromatic heterocycles. The molecule has 1 saturated heterocycles. The number of urea groups is 1. The van der Waals surface area contributed by atoms with Crippen LogP contribution in [0.2, 0.25) is 0 Å². The lowest BCUT2D eigenvalue weighted by Crippen LogP contribution is -2.41. The fourth-order valence-corrected chi connectivity index (χ4v) is 2.82. The summed E-state index contributed by atoms with van der Waals surface area (Å²) in [7, 11) is 0. The topological polar surface area (TPSA) is 91.7 Å². The third kappa shape index (κ3) is 4.06. The Balaban J connectivity index is 1.56. The molecule has 130 valence electrons. The van der Waals surface area contributed by atoms with Gasteiger partial charge in [-0.25, -0.2) is 4.79 Å². The summed E-state index contributed by atoms with van der Waals surface area (Å²) in [6, 6.07) is 13.1. The highest BCUT2D eigenvalue weighted by atomic mass is 16.3. The van der Waals surface area contributed by atoms with Crippen LogP contribution in [0.4, 0.5) is 4.79 Å². The van der Waals surface area contributed by atoms with E-state index in [1.807, 2.05) is 42.5 Å². The van der Waals surface area contributed by atoms with Crippen molar-refractivity contribution in [3.63, 3.8) is 0 Å². The van der Waals surface area contributed by atoms with Gasteiger partial charge < -0.3 is 15.1 Å². The first-order valence-electron chi connectivity index (χ1n) is 8.08. The maximum Gasteiger partial charge on any atom is 0.325 e. The average Bonchev–Trinajstić information content (AvgIpc) is 3.25.